The summed E-state index contributed by atoms with van der Waals surface area (Å²) in [5, 5.41) is 3.53. The Morgan fingerprint density at radius 3 is 1.91 bits per heavy atom. The average molecular weight is 295 g/mol. The van der Waals surface area contributed by atoms with Crippen LogP contribution in [0, 0.1) is 0 Å². The fourth-order valence-corrected chi connectivity index (χ4v) is 2.73. The Bertz CT molecular complexity index is 501. The predicted octanol–water partition coefficient (Wildman–Crippen LogP) is 6.52. The van der Waals surface area contributed by atoms with Crippen LogP contribution in [0.5, 0.6) is 0 Å². The van der Waals surface area contributed by atoms with Crippen LogP contribution in [0.25, 0.3) is 11.1 Å². The third-order valence-electron chi connectivity index (χ3n) is 4.10. The molecule has 22 heavy (non-hydrogen) atoms. The minimum absolute atomic E-state index is 1.08. The fourth-order valence-electron chi connectivity index (χ4n) is 2.73. The second-order valence-electron chi connectivity index (χ2n) is 5.99. The van der Waals surface area contributed by atoms with Gasteiger partial charge in [-0.05, 0) is 29.7 Å². The maximum absolute atomic E-state index is 3.53. The molecule has 0 amide bonds. The van der Waals surface area contributed by atoms with E-state index in [0.29, 0.717) is 0 Å². The van der Waals surface area contributed by atoms with Crippen molar-refractivity contribution in [1.82, 2.24) is 0 Å². The topological polar surface area (TPSA) is 12.0 Å². The second-order valence-corrected chi connectivity index (χ2v) is 5.99. The fraction of sp³-hybridized carbons (Fsp3) is 0.429. The van der Waals surface area contributed by atoms with Gasteiger partial charge in [-0.3, -0.25) is 0 Å². The summed E-state index contributed by atoms with van der Waals surface area (Å²) in [7, 11) is 0. The van der Waals surface area contributed by atoms with Gasteiger partial charge in [0.2, 0.25) is 0 Å². The van der Waals surface area contributed by atoms with Crippen LogP contribution in [0.2, 0.25) is 0 Å². The van der Waals surface area contributed by atoms with Crippen LogP contribution in [0.4, 0.5) is 5.69 Å². The highest BCUT2D eigenvalue weighted by atomic mass is 14.9. The number of hydrogen-bond donors (Lipinski definition) is 1. The minimum atomic E-state index is 1.08. The number of hydrogen-bond acceptors (Lipinski definition) is 1. The highest BCUT2D eigenvalue weighted by molar-refractivity contribution is 5.65. The molecule has 2 rings (SSSR count). The zero-order valence-electron chi connectivity index (χ0n) is 13.9. The van der Waals surface area contributed by atoms with Crippen molar-refractivity contribution in [3.8, 4) is 11.1 Å². The summed E-state index contributed by atoms with van der Waals surface area (Å²) < 4.78 is 0. The Labute approximate surface area is 135 Å². The highest BCUT2D eigenvalue weighted by Gasteiger charge is 1.97. The molecule has 0 fully saturated rings. The van der Waals surface area contributed by atoms with E-state index in [4.69, 9.17) is 0 Å². The SMILES string of the molecule is CCCCCCCCCNc1ccc(-c2ccccc2)cc1. The van der Waals surface area contributed by atoms with Crippen molar-refractivity contribution in [2.75, 3.05) is 11.9 Å². The number of anilines is 1. The summed E-state index contributed by atoms with van der Waals surface area (Å²) in [4.78, 5) is 0. The van der Waals surface area contributed by atoms with Gasteiger partial charge < -0.3 is 5.32 Å². The van der Waals surface area contributed by atoms with E-state index in [2.05, 4.69) is 66.8 Å². The van der Waals surface area contributed by atoms with Gasteiger partial charge in [0.15, 0.2) is 0 Å². The molecule has 118 valence electrons. The molecule has 1 nitrogen and oxygen atoms in total. The van der Waals surface area contributed by atoms with Crippen molar-refractivity contribution in [2.24, 2.45) is 0 Å². The van der Waals surface area contributed by atoms with Gasteiger partial charge >= 0.3 is 0 Å². The third kappa shape index (κ3) is 5.93. The molecule has 0 aliphatic heterocycles. The molecule has 1 N–H and O–H groups in total. The van der Waals surface area contributed by atoms with Crippen molar-refractivity contribution in [1.29, 1.82) is 0 Å². The maximum atomic E-state index is 3.53. The first-order chi connectivity index (χ1) is 10.9. The molecule has 0 bridgehead atoms. The highest BCUT2D eigenvalue weighted by Crippen LogP contribution is 2.21. The van der Waals surface area contributed by atoms with Crippen LogP contribution in [-0.4, -0.2) is 6.54 Å². The molecule has 2 aromatic rings. The standard InChI is InChI=1S/C21H29N/c1-2-3-4-5-6-7-11-18-22-21-16-14-20(15-17-21)19-12-9-8-10-13-19/h8-10,12-17,22H,2-7,11,18H2,1H3. The quantitative estimate of drug-likeness (QED) is 0.492. The first-order valence-electron chi connectivity index (χ1n) is 8.79. The average Bonchev–Trinajstić information content (AvgIpc) is 2.59. The molecule has 0 radical (unpaired) electrons. The zero-order valence-corrected chi connectivity index (χ0v) is 13.9. The molecule has 2 aromatic carbocycles. The number of benzene rings is 2. The van der Waals surface area contributed by atoms with E-state index in [1.165, 1.54) is 61.8 Å². The molecule has 1 heteroatoms. The van der Waals surface area contributed by atoms with E-state index in [0.717, 1.165) is 6.54 Å². The normalized spacial score (nSPS) is 10.6. The van der Waals surface area contributed by atoms with Gasteiger partial charge in [0, 0.05) is 12.2 Å². The van der Waals surface area contributed by atoms with Gasteiger partial charge in [0.25, 0.3) is 0 Å². The number of nitrogens with one attached hydrogen (secondary N) is 1. The van der Waals surface area contributed by atoms with E-state index < -0.39 is 0 Å². The summed E-state index contributed by atoms with van der Waals surface area (Å²) in [6.07, 6.45) is 9.54. The lowest BCUT2D eigenvalue weighted by atomic mass is 10.1. The largest absolute Gasteiger partial charge is 0.385 e. The molecule has 0 aliphatic carbocycles. The lowest BCUT2D eigenvalue weighted by Gasteiger charge is -2.08. The second kappa shape index (κ2) is 10.0. The van der Waals surface area contributed by atoms with Crippen LogP contribution in [0.1, 0.15) is 51.9 Å². The lowest BCUT2D eigenvalue weighted by molar-refractivity contribution is 0.596. The Balaban J connectivity index is 1.65. The van der Waals surface area contributed by atoms with Crippen molar-refractivity contribution < 1.29 is 0 Å². The molecule has 0 saturated heterocycles. The molecule has 0 saturated carbocycles. The first kappa shape index (κ1) is 16.6. The van der Waals surface area contributed by atoms with Crippen LogP contribution in [0.15, 0.2) is 54.6 Å². The summed E-state index contributed by atoms with van der Waals surface area (Å²) in [6.45, 7) is 3.35. The smallest absolute Gasteiger partial charge is 0.0340 e. The summed E-state index contributed by atoms with van der Waals surface area (Å²) in [5.41, 5.74) is 3.79. The molecule has 0 spiro atoms. The van der Waals surface area contributed by atoms with E-state index in [9.17, 15) is 0 Å². The Kier molecular flexibility index (Phi) is 7.59. The van der Waals surface area contributed by atoms with E-state index in [-0.39, 0.29) is 0 Å². The minimum Gasteiger partial charge on any atom is -0.385 e. The van der Waals surface area contributed by atoms with Crippen LogP contribution in [-0.2, 0) is 0 Å². The van der Waals surface area contributed by atoms with Crippen molar-refractivity contribution >= 4 is 5.69 Å². The van der Waals surface area contributed by atoms with Crippen LogP contribution in [0.3, 0.4) is 0 Å². The molecule has 0 aromatic heterocycles. The summed E-state index contributed by atoms with van der Waals surface area (Å²) in [6, 6.07) is 19.3. The number of rotatable bonds is 10. The van der Waals surface area contributed by atoms with Gasteiger partial charge in [0.1, 0.15) is 0 Å². The molecule has 0 atom stereocenters. The van der Waals surface area contributed by atoms with E-state index in [1.54, 1.807) is 0 Å². The van der Waals surface area contributed by atoms with Crippen LogP contribution < -0.4 is 5.32 Å². The lowest BCUT2D eigenvalue weighted by Crippen LogP contribution is -2.01. The van der Waals surface area contributed by atoms with E-state index >= 15 is 0 Å². The monoisotopic (exact) mass is 295 g/mol. The Morgan fingerprint density at radius 2 is 1.23 bits per heavy atom. The molecule has 0 aliphatic rings. The molecule has 0 unspecified atom stereocenters. The molecule has 0 heterocycles. The maximum Gasteiger partial charge on any atom is 0.0340 e. The van der Waals surface area contributed by atoms with Crippen LogP contribution >= 0.6 is 0 Å². The Hall–Kier alpha value is -1.76. The van der Waals surface area contributed by atoms with Crippen molar-refractivity contribution in [3.63, 3.8) is 0 Å². The summed E-state index contributed by atoms with van der Waals surface area (Å²) >= 11 is 0. The predicted molar refractivity (Wildman–Crippen MR) is 98.4 cm³/mol. The van der Waals surface area contributed by atoms with Crippen molar-refractivity contribution in [3.05, 3.63) is 54.6 Å². The summed E-state index contributed by atoms with van der Waals surface area (Å²) in [5.74, 6) is 0. The van der Waals surface area contributed by atoms with Gasteiger partial charge in [0.05, 0.1) is 0 Å². The molecular formula is C21H29N. The zero-order chi connectivity index (χ0) is 15.5. The van der Waals surface area contributed by atoms with Crippen molar-refractivity contribution in [2.45, 2.75) is 51.9 Å². The van der Waals surface area contributed by atoms with Gasteiger partial charge in [-0.25, -0.2) is 0 Å². The molecular weight excluding hydrogens is 266 g/mol. The van der Waals surface area contributed by atoms with E-state index in [1.807, 2.05) is 0 Å². The Morgan fingerprint density at radius 1 is 0.636 bits per heavy atom. The van der Waals surface area contributed by atoms with Gasteiger partial charge in [-0.15, -0.1) is 0 Å². The van der Waals surface area contributed by atoms with Gasteiger partial charge in [-0.2, -0.15) is 0 Å². The number of unbranched alkanes of at least 4 members (excludes halogenated alkanes) is 6. The third-order valence-corrected chi connectivity index (χ3v) is 4.10. The van der Waals surface area contributed by atoms with Gasteiger partial charge in [-0.1, -0.05) is 87.9 Å². The first-order valence-corrected chi connectivity index (χ1v) is 8.79.